The van der Waals surface area contributed by atoms with Gasteiger partial charge in [0.1, 0.15) is 0 Å². The first-order chi connectivity index (χ1) is 8.26. The van der Waals surface area contributed by atoms with Crippen LogP contribution in [0.15, 0.2) is 18.2 Å². The van der Waals surface area contributed by atoms with Crippen molar-refractivity contribution in [3.8, 4) is 0 Å². The average Bonchev–Trinajstić information content (AvgIpc) is 3.01. The highest BCUT2D eigenvalue weighted by atomic mass is 16.3. The van der Waals surface area contributed by atoms with E-state index in [-0.39, 0.29) is 5.41 Å². The van der Waals surface area contributed by atoms with Gasteiger partial charge >= 0.3 is 0 Å². The smallest absolute Gasteiger partial charge is 0.0490 e. The minimum absolute atomic E-state index is 0.233. The quantitative estimate of drug-likeness (QED) is 0.860. The van der Waals surface area contributed by atoms with Gasteiger partial charge < -0.3 is 10.0 Å². The van der Waals surface area contributed by atoms with Crippen LogP contribution in [0, 0.1) is 5.41 Å². The third kappa shape index (κ3) is 1.95. The summed E-state index contributed by atoms with van der Waals surface area (Å²) in [5.41, 5.74) is 4.56. The molecule has 1 fully saturated rings. The van der Waals surface area contributed by atoms with E-state index in [4.69, 9.17) is 0 Å². The van der Waals surface area contributed by atoms with E-state index in [0.29, 0.717) is 6.61 Å². The molecule has 0 amide bonds. The molecule has 1 N–H and O–H groups in total. The van der Waals surface area contributed by atoms with Crippen molar-refractivity contribution in [2.75, 3.05) is 24.6 Å². The lowest BCUT2D eigenvalue weighted by Gasteiger charge is -2.17. The first-order valence-corrected chi connectivity index (χ1v) is 6.74. The second-order valence-electron chi connectivity index (χ2n) is 5.63. The molecule has 0 spiro atoms. The molecule has 92 valence electrons. The molecular weight excluding hydrogens is 210 g/mol. The van der Waals surface area contributed by atoms with E-state index < -0.39 is 0 Å². The van der Waals surface area contributed by atoms with Crippen molar-refractivity contribution in [3.05, 3.63) is 29.3 Å². The molecule has 0 saturated heterocycles. The Morgan fingerprint density at radius 2 is 2.18 bits per heavy atom. The van der Waals surface area contributed by atoms with E-state index in [1.807, 2.05) is 0 Å². The summed E-state index contributed by atoms with van der Waals surface area (Å²) in [6.45, 7) is 4.84. The van der Waals surface area contributed by atoms with E-state index >= 15 is 0 Å². The Hall–Kier alpha value is -1.02. The summed E-state index contributed by atoms with van der Waals surface area (Å²) in [7, 11) is 0. The molecule has 1 aromatic rings. The van der Waals surface area contributed by atoms with Crippen molar-refractivity contribution in [1.82, 2.24) is 0 Å². The average molecular weight is 231 g/mol. The maximum absolute atomic E-state index is 9.38. The number of benzene rings is 1. The zero-order valence-electron chi connectivity index (χ0n) is 10.6. The lowest BCUT2D eigenvalue weighted by molar-refractivity contribution is 0.211. The normalized spacial score (nSPS) is 20.5. The molecule has 2 nitrogen and oxygen atoms in total. The fraction of sp³-hybridized carbons (Fsp3) is 0.600. The van der Waals surface area contributed by atoms with E-state index in [1.165, 1.54) is 42.6 Å². The largest absolute Gasteiger partial charge is 0.396 e. The summed E-state index contributed by atoms with van der Waals surface area (Å²) in [6, 6.07) is 6.89. The van der Waals surface area contributed by atoms with Crippen LogP contribution in [0.5, 0.6) is 0 Å². The highest BCUT2D eigenvalue weighted by Crippen LogP contribution is 2.48. The van der Waals surface area contributed by atoms with Gasteiger partial charge in [-0.2, -0.15) is 0 Å². The van der Waals surface area contributed by atoms with Gasteiger partial charge in [-0.05, 0) is 55.2 Å². The SMILES string of the molecule is CCN1CCc2cc(CC3(CO)CC3)ccc21. The Morgan fingerprint density at radius 1 is 1.35 bits per heavy atom. The standard InChI is InChI=1S/C15H21NO/c1-2-16-8-5-13-9-12(3-4-14(13)16)10-15(11-17)6-7-15/h3-4,9,17H,2,5-8,10-11H2,1H3. The van der Waals surface area contributed by atoms with Gasteiger partial charge in [0.25, 0.3) is 0 Å². The summed E-state index contributed by atoms with van der Waals surface area (Å²) in [5.74, 6) is 0. The number of nitrogens with zero attached hydrogens (tertiary/aromatic N) is 1. The van der Waals surface area contributed by atoms with Gasteiger partial charge in [-0.3, -0.25) is 0 Å². The Bertz CT molecular complexity index is 423. The van der Waals surface area contributed by atoms with E-state index in [1.54, 1.807) is 0 Å². The number of hydrogen-bond acceptors (Lipinski definition) is 2. The molecule has 0 bridgehead atoms. The zero-order valence-corrected chi connectivity index (χ0v) is 10.6. The number of aliphatic hydroxyl groups is 1. The van der Waals surface area contributed by atoms with Gasteiger partial charge in [0, 0.05) is 25.4 Å². The van der Waals surface area contributed by atoms with Crippen LogP contribution in [0.4, 0.5) is 5.69 Å². The third-order valence-corrected chi connectivity index (χ3v) is 4.39. The topological polar surface area (TPSA) is 23.5 Å². The number of anilines is 1. The van der Waals surface area contributed by atoms with Crippen molar-refractivity contribution in [2.45, 2.75) is 32.6 Å². The van der Waals surface area contributed by atoms with Gasteiger partial charge in [-0.1, -0.05) is 12.1 Å². The lowest BCUT2D eigenvalue weighted by Crippen LogP contribution is -2.19. The number of rotatable bonds is 4. The van der Waals surface area contributed by atoms with Gasteiger partial charge in [-0.15, -0.1) is 0 Å². The van der Waals surface area contributed by atoms with Crippen molar-refractivity contribution in [3.63, 3.8) is 0 Å². The van der Waals surface area contributed by atoms with Crippen LogP contribution < -0.4 is 4.90 Å². The van der Waals surface area contributed by atoms with E-state index in [0.717, 1.165) is 13.0 Å². The van der Waals surface area contributed by atoms with Gasteiger partial charge in [0.15, 0.2) is 0 Å². The Kier molecular flexibility index (Phi) is 2.62. The molecule has 1 saturated carbocycles. The molecule has 17 heavy (non-hydrogen) atoms. The second kappa shape index (κ2) is 4.02. The fourth-order valence-corrected chi connectivity index (χ4v) is 2.96. The first kappa shape index (κ1) is 11.1. The molecule has 2 heteroatoms. The molecule has 2 aliphatic rings. The molecule has 1 aliphatic carbocycles. The Morgan fingerprint density at radius 3 is 2.82 bits per heavy atom. The summed E-state index contributed by atoms with van der Waals surface area (Å²) >= 11 is 0. The van der Waals surface area contributed by atoms with Crippen LogP contribution in [-0.2, 0) is 12.8 Å². The summed E-state index contributed by atoms with van der Waals surface area (Å²) in [6.07, 6.45) is 4.63. The van der Waals surface area contributed by atoms with E-state index in [9.17, 15) is 5.11 Å². The van der Waals surface area contributed by atoms with Gasteiger partial charge in [-0.25, -0.2) is 0 Å². The third-order valence-electron chi connectivity index (χ3n) is 4.39. The molecule has 1 aliphatic heterocycles. The minimum atomic E-state index is 0.233. The van der Waals surface area contributed by atoms with Crippen molar-refractivity contribution >= 4 is 5.69 Å². The lowest BCUT2D eigenvalue weighted by atomic mass is 9.95. The molecule has 0 unspecified atom stereocenters. The highest BCUT2D eigenvalue weighted by molar-refractivity contribution is 5.59. The number of aliphatic hydroxyl groups excluding tert-OH is 1. The summed E-state index contributed by atoms with van der Waals surface area (Å²) < 4.78 is 0. The number of likely N-dealkylation sites (N-methyl/N-ethyl adjacent to an activating group) is 1. The molecule has 0 aromatic heterocycles. The minimum Gasteiger partial charge on any atom is -0.396 e. The molecule has 0 radical (unpaired) electrons. The van der Waals surface area contributed by atoms with Crippen LogP contribution in [0.2, 0.25) is 0 Å². The molecule has 1 heterocycles. The highest BCUT2D eigenvalue weighted by Gasteiger charge is 2.41. The molecule has 0 atom stereocenters. The van der Waals surface area contributed by atoms with Gasteiger partial charge in [0.05, 0.1) is 0 Å². The van der Waals surface area contributed by atoms with E-state index in [2.05, 4.69) is 30.0 Å². The summed E-state index contributed by atoms with van der Waals surface area (Å²) in [4.78, 5) is 2.44. The van der Waals surface area contributed by atoms with Crippen LogP contribution in [0.1, 0.15) is 30.9 Å². The predicted molar refractivity (Wildman–Crippen MR) is 70.5 cm³/mol. The van der Waals surface area contributed by atoms with Crippen LogP contribution in [0.3, 0.4) is 0 Å². The predicted octanol–water partition coefficient (Wildman–Crippen LogP) is 2.38. The van der Waals surface area contributed by atoms with Crippen LogP contribution >= 0.6 is 0 Å². The van der Waals surface area contributed by atoms with Crippen molar-refractivity contribution < 1.29 is 5.11 Å². The second-order valence-corrected chi connectivity index (χ2v) is 5.63. The monoisotopic (exact) mass is 231 g/mol. The van der Waals surface area contributed by atoms with Crippen molar-refractivity contribution in [2.24, 2.45) is 5.41 Å². The van der Waals surface area contributed by atoms with Gasteiger partial charge in [0.2, 0.25) is 0 Å². The molecule has 3 rings (SSSR count). The van der Waals surface area contributed by atoms with Crippen molar-refractivity contribution in [1.29, 1.82) is 0 Å². The fourth-order valence-electron chi connectivity index (χ4n) is 2.96. The first-order valence-electron chi connectivity index (χ1n) is 6.74. The number of fused-ring (bicyclic) bond motifs is 1. The molecule has 1 aromatic carbocycles. The zero-order chi connectivity index (χ0) is 11.9. The Labute approximate surface area is 103 Å². The van der Waals surface area contributed by atoms with Crippen LogP contribution in [-0.4, -0.2) is 24.8 Å². The maximum atomic E-state index is 9.38. The maximum Gasteiger partial charge on any atom is 0.0490 e. The van der Waals surface area contributed by atoms with Crippen LogP contribution in [0.25, 0.3) is 0 Å². The Balaban J connectivity index is 1.80. The molecular formula is C15H21NO. The summed E-state index contributed by atoms with van der Waals surface area (Å²) in [5, 5.41) is 9.38. The number of hydrogen-bond donors (Lipinski definition) is 1.